The van der Waals surface area contributed by atoms with Gasteiger partial charge < -0.3 is 0 Å². The highest BCUT2D eigenvalue weighted by Gasteiger charge is 2.33. The van der Waals surface area contributed by atoms with Crippen molar-refractivity contribution in [2.24, 2.45) is 0 Å². The van der Waals surface area contributed by atoms with Gasteiger partial charge in [0.2, 0.25) is 0 Å². The molecule has 17 heavy (non-hydrogen) atoms. The van der Waals surface area contributed by atoms with E-state index in [9.17, 15) is 9.36 Å². The van der Waals surface area contributed by atoms with E-state index in [1.54, 1.807) is 54.6 Å². The predicted molar refractivity (Wildman–Crippen MR) is 65.4 cm³/mol. The van der Waals surface area contributed by atoms with Gasteiger partial charge in [0.05, 0.1) is 5.56 Å². The molecule has 1 unspecified atom stereocenters. The van der Waals surface area contributed by atoms with Gasteiger partial charge in [-0.05, 0) is 28.8 Å². The van der Waals surface area contributed by atoms with Crippen LogP contribution in [0.25, 0.3) is 0 Å². The van der Waals surface area contributed by atoms with Crippen molar-refractivity contribution < 1.29 is 13.9 Å². The maximum atomic E-state index is 11.7. The molecule has 0 aromatic heterocycles. The number of carbonyl (C=O) groups is 1. The van der Waals surface area contributed by atoms with Crippen LogP contribution in [0, 0.1) is 0 Å². The number of hydrogen-bond donors (Lipinski definition) is 0. The van der Waals surface area contributed by atoms with Gasteiger partial charge in [0.15, 0.2) is 5.75 Å². The van der Waals surface area contributed by atoms with E-state index in [1.165, 1.54) is 0 Å². The Balaban J connectivity index is 2.09. The third-order valence-corrected chi connectivity index (χ3v) is 3.08. The van der Waals surface area contributed by atoms with Crippen LogP contribution in [0.1, 0.15) is 10.4 Å². The number of rotatable bonds is 4. The van der Waals surface area contributed by atoms with Gasteiger partial charge in [-0.3, -0.25) is 0 Å². The highest BCUT2D eigenvalue weighted by molar-refractivity contribution is 7.60. The summed E-state index contributed by atoms with van der Waals surface area (Å²) in [5.74, 6) is 0.429. The summed E-state index contributed by atoms with van der Waals surface area (Å²) in [6.45, 7) is 0. The number of carbonyl (C=O) groups excluding carboxylic acids is 1. The van der Waals surface area contributed by atoms with Crippen LogP contribution in [0.2, 0.25) is 0 Å². The lowest BCUT2D eigenvalue weighted by Crippen LogP contribution is -1.96. The van der Waals surface area contributed by atoms with Gasteiger partial charge in [-0.25, -0.2) is 9.32 Å². The second-order valence-electron chi connectivity index (χ2n) is 3.33. The van der Waals surface area contributed by atoms with Crippen molar-refractivity contribution in [3.05, 3.63) is 66.2 Å². The van der Waals surface area contributed by atoms with E-state index >= 15 is 0 Å². The molecule has 2 aromatic rings. The molecule has 4 heteroatoms. The number of benzene rings is 2. The van der Waals surface area contributed by atoms with Crippen LogP contribution in [0.3, 0.4) is 0 Å². The van der Waals surface area contributed by atoms with E-state index in [-0.39, 0.29) is 0 Å². The summed E-state index contributed by atoms with van der Waals surface area (Å²) < 4.78 is 16.8. The van der Waals surface area contributed by atoms with Crippen LogP contribution >= 0.6 is 8.03 Å². The molecule has 84 valence electrons. The normalized spacial score (nSPS) is 10.7. The van der Waals surface area contributed by atoms with E-state index in [0.717, 1.165) is 0 Å². The Morgan fingerprint density at radius 3 is 2.00 bits per heavy atom. The van der Waals surface area contributed by atoms with Gasteiger partial charge in [-0.1, -0.05) is 36.4 Å². The zero-order valence-corrected chi connectivity index (χ0v) is 9.84. The van der Waals surface area contributed by atoms with E-state index < -0.39 is 13.6 Å². The molecule has 0 N–H and O–H groups in total. The Bertz CT molecular complexity index is 523. The molecule has 0 bridgehead atoms. The molecular weight excluding hydrogens is 235 g/mol. The Kier molecular flexibility index (Phi) is 3.63. The lowest BCUT2D eigenvalue weighted by molar-refractivity contribution is 0.107. The van der Waals surface area contributed by atoms with Crippen molar-refractivity contribution in [3.63, 3.8) is 0 Å². The molecule has 0 saturated heterocycles. The average Bonchev–Trinajstić information content (AvgIpc) is 2.40. The lowest BCUT2D eigenvalue weighted by Gasteiger charge is -1.92. The Morgan fingerprint density at radius 2 is 1.41 bits per heavy atom. The molecule has 2 aromatic carbocycles. The van der Waals surface area contributed by atoms with E-state index in [1.807, 2.05) is 6.07 Å². The second-order valence-corrected chi connectivity index (χ2v) is 4.44. The second kappa shape index (κ2) is 5.37. The van der Waals surface area contributed by atoms with Crippen LogP contribution < -0.4 is 4.52 Å². The molecule has 0 radical (unpaired) electrons. The standard InChI is InChI=1S/C13H10O3P/c14-13(11-7-3-1-4-8-11)17(15)16-12-9-5-2-6-10-12/h1-10H/q+1. The SMILES string of the molecule is O=C(c1ccccc1)[P+](=O)Oc1ccccc1. The summed E-state index contributed by atoms with van der Waals surface area (Å²) in [5.41, 5.74) is -0.103. The number of para-hydroxylation sites is 1. The molecule has 2 rings (SSSR count). The summed E-state index contributed by atoms with van der Waals surface area (Å²) >= 11 is 0. The molecule has 3 nitrogen and oxygen atoms in total. The fourth-order valence-electron chi connectivity index (χ4n) is 1.30. The van der Waals surface area contributed by atoms with Gasteiger partial charge in [0.1, 0.15) is 0 Å². The number of hydrogen-bond acceptors (Lipinski definition) is 3. The first-order valence-electron chi connectivity index (χ1n) is 5.07. The molecule has 0 amide bonds. The van der Waals surface area contributed by atoms with Gasteiger partial charge in [0, 0.05) is 0 Å². The van der Waals surface area contributed by atoms with Gasteiger partial charge in [0.25, 0.3) is 0 Å². The molecule has 0 fully saturated rings. The van der Waals surface area contributed by atoms with Crippen molar-refractivity contribution in [2.45, 2.75) is 0 Å². The largest absolute Gasteiger partial charge is 0.641 e. The summed E-state index contributed by atoms with van der Waals surface area (Å²) in [6, 6.07) is 17.1. The molecule has 0 spiro atoms. The maximum absolute atomic E-state index is 11.7. The molecule has 0 aliphatic heterocycles. The highest BCUT2D eigenvalue weighted by atomic mass is 31.1. The van der Waals surface area contributed by atoms with Gasteiger partial charge >= 0.3 is 13.6 Å². The zero-order valence-electron chi connectivity index (χ0n) is 8.95. The third-order valence-electron chi connectivity index (χ3n) is 2.12. The van der Waals surface area contributed by atoms with Crippen LogP contribution in [0.5, 0.6) is 5.75 Å². The first kappa shape index (κ1) is 11.5. The first-order chi connectivity index (χ1) is 8.27. The smallest absolute Gasteiger partial charge is 0.248 e. The minimum Gasteiger partial charge on any atom is -0.248 e. The summed E-state index contributed by atoms with van der Waals surface area (Å²) in [7, 11) is -2.38. The van der Waals surface area contributed by atoms with Crippen LogP contribution in [-0.4, -0.2) is 5.52 Å². The van der Waals surface area contributed by atoms with E-state index in [4.69, 9.17) is 4.52 Å². The van der Waals surface area contributed by atoms with Crippen molar-refractivity contribution >= 4 is 13.6 Å². The Morgan fingerprint density at radius 1 is 0.882 bits per heavy atom. The highest BCUT2D eigenvalue weighted by Crippen LogP contribution is 2.30. The molecule has 0 aliphatic carbocycles. The van der Waals surface area contributed by atoms with Crippen molar-refractivity contribution in [2.75, 3.05) is 0 Å². The van der Waals surface area contributed by atoms with Crippen LogP contribution in [0.15, 0.2) is 60.7 Å². The van der Waals surface area contributed by atoms with Crippen LogP contribution in [0.4, 0.5) is 0 Å². The Labute approximate surface area is 99.9 Å². The molecule has 0 aliphatic rings. The fraction of sp³-hybridized carbons (Fsp3) is 0. The molecule has 0 heterocycles. The third kappa shape index (κ3) is 2.99. The lowest BCUT2D eigenvalue weighted by atomic mass is 10.2. The summed E-state index contributed by atoms with van der Waals surface area (Å²) in [6.07, 6.45) is 0. The maximum Gasteiger partial charge on any atom is 0.641 e. The minimum atomic E-state index is -2.38. The molecule has 0 saturated carbocycles. The average molecular weight is 245 g/mol. The van der Waals surface area contributed by atoms with Gasteiger partial charge in [-0.15, -0.1) is 0 Å². The molecular formula is C13H10O3P+. The minimum absolute atomic E-state index is 0.393. The van der Waals surface area contributed by atoms with Crippen molar-refractivity contribution in [3.8, 4) is 5.75 Å². The monoisotopic (exact) mass is 245 g/mol. The molecule has 1 atom stereocenters. The van der Waals surface area contributed by atoms with Crippen molar-refractivity contribution in [1.29, 1.82) is 0 Å². The topological polar surface area (TPSA) is 43.4 Å². The predicted octanol–water partition coefficient (Wildman–Crippen LogP) is 3.65. The zero-order chi connectivity index (χ0) is 12.1. The summed E-state index contributed by atoms with van der Waals surface area (Å²) in [5, 5.41) is 0. The van der Waals surface area contributed by atoms with Gasteiger partial charge in [-0.2, -0.15) is 0 Å². The quantitative estimate of drug-likeness (QED) is 0.772. The van der Waals surface area contributed by atoms with Crippen LogP contribution in [-0.2, 0) is 4.57 Å². The summed E-state index contributed by atoms with van der Waals surface area (Å²) in [4.78, 5) is 11.7. The fourth-order valence-corrected chi connectivity index (χ4v) is 2.06. The first-order valence-corrected chi connectivity index (χ1v) is 6.25. The van der Waals surface area contributed by atoms with E-state index in [0.29, 0.717) is 11.3 Å². The van der Waals surface area contributed by atoms with Crippen molar-refractivity contribution in [1.82, 2.24) is 0 Å². The van der Waals surface area contributed by atoms with E-state index in [2.05, 4.69) is 0 Å². The Hall–Kier alpha value is -1.99.